The Hall–Kier alpha value is -5.33. The van der Waals surface area contributed by atoms with Crippen molar-refractivity contribution in [2.24, 2.45) is 5.41 Å². The first-order valence-corrected chi connectivity index (χ1v) is 25.5. The molecule has 0 aliphatic carbocycles. The Morgan fingerprint density at radius 3 is 2.31 bits per heavy atom. The largest absolute Gasteiger partial charge is 0.493 e. The number of aryl methyl sites for hydroxylation is 1. The second-order valence-corrected chi connectivity index (χ2v) is 21.5. The van der Waals surface area contributed by atoms with E-state index in [1.807, 2.05) is 95.0 Å². The number of unbranched alkanes of at least 4 members (excludes halogenated alkanes) is 2. The van der Waals surface area contributed by atoms with Crippen molar-refractivity contribution in [2.75, 3.05) is 46.1 Å². The Labute approximate surface area is 418 Å². The molecular formula is C54H69F3N6O7S. The zero-order valence-corrected chi connectivity index (χ0v) is 42.9. The van der Waals surface area contributed by atoms with E-state index in [0.717, 1.165) is 44.6 Å². The van der Waals surface area contributed by atoms with Gasteiger partial charge in [-0.25, -0.2) is 18.2 Å². The molecule has 3 aromatic carbocycles. The van der Waals surface area contributed by atoms with Crippen LogP contribution in [0.1, 0.15) is 114 Å². The van der Waals surface area contributed by atoms with Crippen LogP contribution in [0.4, 0.5) is 13.2 Å². The van der Waals surface area contributed by atoms with Gasteiger partial charge in [0.25, 0.3) is 0 Å². The molecule has 3 amide bonds. The van der Waals surface area contributed by atoms with E-state index in [9.17, 15) is 19.5 Å². The molecule has 2 aliphatic rings. The third kappa shape index (κ3) is 13.2. The first-order valence-electron chi connectivity index (χ1n) is 24.6. The number of rotatable bonds is 21. The molecule has 2 aliphatic heterocycles. The molecule has 4 heterocycles. The minimum Gasteiger partial charge on any atom is -0.493 e. The van der Waals surface area contributed by atoms with Gasteiger partial charge in [0, 0.05) is 66.5 Å². The fourth-order valence-electron chi connectivity index (χ4n) is 9.68. The van der Waals surface area contributed by atoms with Crippen molar-refractivity contribution in [3.8, 4) is 16.2 Å². The predicted octanol–water partition coefficient (Wildman–Crippen LogP) is 8.91. The number of carbonyl (C=O) groups is 3. The lowest BCUT2D eigenvalue weighted by molar-refractivity contribution is -0.144. The number of benzene rings is 3. The smallest absolute Gasteiger partial charge is 0.246 e. The minimum atomic E-state index is -1.60. The molecule has 384 valence electrons. The molecule has 6 atom stereocenters. The summed E-state index contributed by atoms with van der Waals surface area (Å²) in [7, 11) is 0. The zero-order valence-electron chi connectivity index (χ0n) is 42.1. The highest BCUT2D eigenvalue weighted by molar-refractivity contribution is 7.13. The molecular weight excluding hydrogens is 934 g/mol. The predicted molar refractivity (Wildman–Crippen MR) is 269 cm³/mol. The summed E-state index contributed by atoms with van der Waals surface area (Å²) in [6, 6.07) is 14.7. The molecule has 7 rings (SSSR count). The number of ether oxygens (including phenoxy) is 3. The second-order valence-electron chi connectivity index (χ2n) is 20.7. The fraction of sp³-hybridized carbons (Fsp3) is 0.519. The SMILES string of the molecule is Cc1ncsc1-c1ccc(C(C)NC(=O)C2CC(O)CN2C(=O)C(NC(=O)COCCOCCCCCOc2cc(F)c(C3c4[nH]c5ccccc5c4CC(C)N3CC(C)(C)F)c(F)c2)C(C)(C)C)cc1. The molecule has 17 heteroatoms. The van der Waals surface area contributed by atoms with E-state index >= 15 is 13.2 Å². The number of para-hydroxylation sites is 1. The molecule has 1 saturated heterocycles. The number of fused-ring (bicyclic) bond motifs is 3. The Morgan fingerprint density at radius 2 is 1.63 bits per heavy atom. The van der Waals surface area contributed by atoms with Crippen molar-refractivity contribution in [3.05, 3.63) is 106 Å². The maximum Gasteiger partial charge on any atom is 0.246 e. The van der Waals surface area contributed by atoms with Crippen molar-refractivity contribution in [3.63, 3.8) is 0 Å². The topological polar surface area (TPSA) is 158 Å². The van der Waals surface area contributed by atoms with Gasteiger partial charge in [0.2, 0.25) is 17.7 Å². The highest BCUT2D eigenvalue weighted by Gasteiger charge is 2.45. The Morgan fingerprint density at radius 1 is 0.944 bits per heavy atom. The molecule has 5 aromatic rings. The fourth-order valence-corrected chi connectivity index (χ4v) is 10.5. The van der Waals surface area contributed by atoms with Gasteiger partial charge in [-0.3, -0.25) is 19.3 Å². The zero-order chi connectivity index (χ0) is 51.2. The van der Waals surface area contributed by atoms with Crippen molar-refractivity contribution < 1.29 is 46.9 Å². The number of hydrogen-bond donors (Lipinski definition) is 4. The van der Waals surface area contributed by atoms with Gasteiger partial charge < -0.3 is 39.8 Å². The standard InChI is InChI=1S/C54H69F3N6O7S/c1-32-24-40-39-14-10-11-15-43(39)60-47(40)48(63(32)30-54(7,8)57)46-41(55)26-38(27-42(46)56)70-21-13-9-12-20-68-22-23-69-29-45(65)61-50(53(4,5)6)52(67)62-28-37(64)25-44(62)51(66)59-33(2)35-16-18-36(19-17-35)49-34(3)58-31-71-49/h10-11,14-19,26-27,31-33,37,44,48,50,60,64H,9,12-13,20-25,28-30H2,1-8H3,(H,59,66)(H,61,65). The number of hydrogen-bond acceptors (Lipinski definition) is 10. The van der Waals surface area contributed by atoms with Crippen molar-refractivity contribution >= 4 is 40.0 Å². The first-order chi connectivity index (χ1) is 33.7. The van der Waals surface area contributed by atoms with Crippen LogP contribution in [0.2, 0.25) is 0 Å². The number of thiazole rings is 1. The molecule has 0 spiro atoms. The number of aromatic nitrogens is 2. The highest BCUT2D eigenvalue weighted by atomic mass is 32.1. The maximum atomic E-state index is 16.0. The summed E-state index contributed by atoms with van der Waals surface area (Å²) < 4.78 is 64.3. The molecule has 2 aromatic heterocycles. The van der Waals surface area contributed by atoms with Gasteiger partial charge in [-0.1, -0.05) is 63.2 Å². The van der Waals surface area contributed by atoms with Crippen LogP contribution in [0.5, 0.6) is 5.75 Å². The summed E-state index contributed by atoms with van der Waals surface area (Å²) in [6.07, 6.45) is 1.82. The summed E-state index contributed by atoms with van der Waals surface area (Å²) in [6.45, 7) is 14.8. The van der Waals surface area contributed by atoms with Crippen LogP contribution in [0.15, 0.2) is 66.2 Å². The van der Waals surface area contributed by atoms with E-state index in [-0.39, 0.29) is 75.2 Å². The molecule has 6 unspecified atom stereocenters. The number of β-amino-alcohol motifs (C(OH)–C–C–N with tert-alkyl or cyclic N) is 1. The van der Waals surface area contributed by atoms with Crippen LogP contribution in [0.3, 0.4) is 0 Å². The number of nitrogens with one attached hydrogen (secondary N) is 3. The van der Waals surface area contributed by atoms with Crippen LogP contribution in [-0.2, 0) is 30.3 Å². The number of halogens is 3. The van der Waals surface area contributed by atoms with Gasteiger partial charge in [-0.2, -0.15) is 0 Å². The van der Waals surface area contributed by atoms with E-state index < -0.39 is 58.8 Å². The molecule has 71 heavy (non-hydrogen) atoms. The number of amides is 3. The molecule has 1 fully saturated rings. The van der Waals surface area contributed by atoms with Crippen LogP contribution in [0, 0.1) is 24.0 Å². The molecule has 4 N–H and O–H groups in total. The van der Waals surface area contributed by atoms with Crippen LogP contribution >= 0.6 is 11.3 Å². The summed E-state index contributed by atoms with van der Waals surface area (Å²) >= 11 is 1.56. The lowest BCUT2D eigenvalue weighted by Crippen LogP contribution is -2.58. The number of nitrogens with zero attached hydrogens (tertiary/aromatic N) is 3. The van der Waals surface area contributed by atoms with Crippen LogP contribution in [0.25, 0.3) is 21.3 Å². The third-order valence-corrected chi connectivity index (χ3v) is 14.2. The molecule has 0 radical (unpaired) electrons. The van der Waals surface area contributed by atoms with E-state index in [0.29, 0.717) is 31.6 Å². The van der Waals surface area contributed by atoms with E-state index in [1.165, 1.54) is 30.9 Å². The summed E-state index contributed by atoms with van der Waals surface area (Å²) in [5.41, 5.74) is 4.72. The van der Waals surface area contributed by atoms with Gasteiger partial charge in [0.15, 0.2) is 0 Å². The monoisotopic (exact) mass is 1000 g/mol. The number of alkyl halides is 1. The quantitative estimate of drug-likeness (QED) is 0.0527. The number of H-pyrrole nitrogens is 1. The van der Waals surface area contributed by atoms with E-state index in [1.54, 1.807) is 16.8 Å². The molecule has 0 saturated carbocycles. The first kappa shape index (κ1) is 53.5. The number of aromatic amines is 1. The van der Waals surface area contributed by atoms with Crippen LogP contribution in [-0.4, -0.2) is 119 Å². The normalized spacial score (nSPS) is 19.4. The Balaban J connectivity index is 0.815. The maximum absolute atomic E-state index is 16.0. The van der Waals surface area contributed by atoms with Gasteiger partial charge >= 0.3 is 0 Å². The second kappa shape index (κ2) is 23.0. The van der Waals surface area contributed by atoms with Crippen molar-refractivity contribution in [2.45, 2.75) is 129 Å². The lowest BCUT2D eigenvalue weighted by Gasteiger charge is -2.43. The summed E-state index contributed by atoms with van der Waals surface area (Å²) in [4.78, 5) is 52.8. The number of aliphatic hydroxyl groups is 1. The Bertz CT molecular complexity index is 2600. The average Bonchev–Trinajstić information content (AvgIpc) is 4.03. The number of carbonyl (C=O) groups excluding carboxylic acids is 3. The van der Waals surface area contributed by atoms with Crippen molar-refractivity contribution in [1.82, 2.24) is 30.4 Å². The summed E-state index contributed by atoms with van der Waals surface area (Å²) in [5.74, 6) is -2.80. The van der Waals surface area contributed by atoms with Gasteiger partial charge in [0.1, 0.15) is 41.7 Å². The third-order valence-electron chi connectivity index (χ3n) is 13.3. The van der Waals surface area contributed by atoms with Crippen molar-refractivity contribution in [1.29, 1.82) is 0 Å². The van der Waals surface area contributed by atoms with Gasteiger partial charge in [-0.05, 0) is 88.5 Å². The van der Waals surface area contributed by atoms with Gasteiger partial charge in [0.05, 0.1) is 54.1 Å². The average molecular weight is 1000 g/mol. The van der Waals surface area contributed by atoms with E-state index in [2.05, 4.69) is 20.6 Å². The summed E-state index contributed by atoms with van der Waals surface area (Å²) in [5, 5.41) is 17.4. The highest BCUT2D eigenvalue weighted by Crippen LogP contribution is 2.44. The lowest BCUT2D eigenvalue weighted by atomic mass is 9.85. The minimum absolute atomic E-state index is 0.00904. The number of likely N-dealkylation sites (tertiary alicyclic amines) is 1. The van der Waals surface area contributed by atoms with Gasteiger partial charge in [-0.15, -0.1) is 11.3 Å². The Kier molecular flexibility index (Phi) is 17.4. The van der Waals surface area contributed by atoms with E-state index in [4.69, 9.17) is 14.2 Å². The molecule has 0 bridgehead atoms. The van der Waals surface area contributed by atoms with Crippen LogP contribution < -0.4 is 15.4 Å². The number of aliphatic hydroxyl groups excluding tert-OH is 1. The molecule has 13 nitrogen and oxygen atoms in total.